The van der Waals surface area contributed by atoms with Crippen LogP contribution < -0.4 is 5.32 Å². The summed E-state index contributed by atoms with van der Waals surface area (Å²) in [6.45, 7) is 0.718. The first kappa shape index (κ1) is 17.0. The van der Waals surface area contributed by atoms with Gasteiger partial charge in [0.05, 0.1) is 5.41 Å². The first-order valence-corrected chi connectivity index (χ1v) is 9.17. The van der Waals surface area contributed by atoms with Crippen LogP contribution >= 0.6 is 11.6 Å². The van der Waals surface area contributed by atoms with Gasteiger partial charge in [-0.15, -0.1) is 0 Å². The number of hydrogen-bond donors (Lipinski definition) is 1. The van der Waals surface area contributed by atoms with Crippen molar-refractivity contribution >= 4 is 17.5 Å². The second-order valence-electron chi connectivity index (χ2n) is 6.64. The molecule has 3 heteroatoms. The number of rotatable bonds is 6. The number of carbonyl (C=O) groups is 1. The minimum atomic E-state index is -0.318. The molecule has 0 aliphatic heterocycles. The zero-order valence-electron chi connectivity index (χ0n) is 13.9. The molecular formula is C21H24ClNO. The Hall–Kier alpha value is -1.80. The molecule has 1 amide bonds. The molecular weight excluding hydrogens is 318 g/mol. The highest BCUT2D eigenvalue weighted by Gasteiger charge is 2.42. The molecule has 1 saturated carbocycles. The summed E-state index contributed by atoms with van der Waals surface area (Å²) >= 11 is 5.90. The van der Waals surface area contributed by atoms with Crippen molar-refractivity contribution in [2.45, 2.75) is 43.9 Å². The van der Waals surface area contributed by atoms with Crippen molar-refractivity contribution < 1.29 is 4.79 Å². The summed E-state index contributed by atoms with van der Waals surface area (Å²) < 4.78 is 0. The average Bonchev–Trinajstić information content (AvgIpc) is 3.12. The van der Waals surface area contributed by atoms with Crippen LogP contribution in [0.5, 0.6) is 0 Å². The Balaban J connectivity index is 1.56. The van der Waals surface area contributed by atoms with Gasteiger partial charge in [0.25, 0.3) is 0 Å². The van der Waals surface area contributed by atoms with Gasteiger partial charge in [-0.1, -0.05) is 66.9 Å². The molecule has 3 rings (SSSR count). The van der Waals surface area contributed by atoms with E-state index in [1.54, 1.807) is 0 Å². The molecule has 24 heavy (non-hydrogen) atoms. The Morgan fingerprint density at radius 2 is 1.67 bits per heavy atom. The number of nitrogens with one attached hydrogen (secondary N) is 1. The Morgan fingerprint density at radius 1 is 1.00 bits per heavy atom. The zero-order valence-corrected chi connectivity index (χ0v) is 14.7. The third kappa shape index (κ3) is 3.81. The van der Waals surface area contributed by atoms with Crippen molar-refractivity contribution in [1.29, 1.82) is 0 Å². The van der Waals surface area contributed by atoms with Crippen molar-refractivity contribution in [2.24, 2.45) is 0 Å². The molecule has 2 aromatic carbocycles. The van der Waals surface area contributed by atoms with E-state index >= 15 is 0 Å². The number of amides is 1. The van der Waals surface area contributed by atoms with Gasteiger partial charge in [0, 0.05) is 11.6 Å². The normalized spacial score (nSPS) is 16.0. The third-order valence-electron chi connectivity index (χ3n) is 5.06. The molecule has 126 valence electrons. The lowest BCUT2D eigenvalue weighted by atomic mass is 9.78. The van der Waals surface area contributed by atoms with E-state index in [1.165, 1.54) is 5.56 Å². The van der Waals surface area contributed by atoms with Crippen LogP contribution in [-0.2, 0) is 16.6 Å². The molecule has 0 radical (unpaired) electrons. The Kier molecular flexibility index (Phi) is 5.57. The van der Waals surface area contributed by atoms with Crippen LogP contribution in [-0.4, -0.2) is 12.5 Å². The van der Waals surface area contributed by atoms with E-state index in [4.69, 9.17) is 11.6 Å². The fraction of sp³-hybridized carbons (Fsp3) is 0.381. The summed E-state index contributed by atoms with van der Waals surface area (Å²) in [6, 6.07) is 18.2. The summed E-state index contributed by atoms with van der Waals surface area (Å²) in [5, 5.41) is 3.94. The molecule has 0 spiro atoms. The summed E-state index contributed by atoms with van der Waals surface area (Å²) in [7, 11) is 0. The van der Waals surface area contributed by atoms with Crippen LogP contribution in [0.3, 0.4) is 0 Å². The monoisotopic (exact) mass is 341 g/mol. The fourth-order valence-electron chi connectivity index (χ4n) is 3.70. The van der Waals surface area contributed by atoms with E-state index in [9.17, 15) is 4.79 Å². The molecule has 1 N–H and O–H groups in total. The number of halogens is 1. The molecule has 1 aliphatic rings. The molecule has 2 aromatic rings. The lowest BCUT2D eigenvalue weighted by Gasteiger charge is -2.28. The number of hydrogen-bond acceptors (Lipinski definition) is 1. The van der Waals surface area contributed by atoms with Crippen molar-refractivity contribution in [2.75, 3.05) is 6.54 Å². The van der Waals surface area contributed by atoms with Crippen LogP contribution in [0.4, 0.5) is 0 Å². The standard InChI is InChI=1S/C21H24ClNO/c22-19-12-10-17(11-13-19)7-6-16-23-20(24)21(14-4-5-15-21)18-8-2-1-3-9-18/h1-3,8-13H,4-7,14-16H2,(H,23,24). The van der Waals surface area contributed by atoms with Gasteiger partial charge in [-0.3, -0.25) is 4.79 Å². The van der Waals surface area contributed by atoms with Gasteiger partial charge in [-0.05, 0) is 48.9 Å². The lowest BCUT2D eigenvalue weighted by Crippen LogP contribution is -2.43. The second kappa shape index (κ2) is 7.85. The average molecular weight is 342 g/mol. The molecule has 0 bridgehead atoms. The van der Waals surface area contributed by atoms with Crippen LogP contribution in [0.15, 0.2) is 54.6 Å². The summed E-state index contributed by atoms with van der Waals surface area (Å²) in [5.74, 6) is 0.197. The minimum absolute atomic E-state index is 0.197. The van der Waals surface area contributed by atoms with E-state index in [0.717, 1.165) is 55.7 Å². The number of carbonyl (C=O) groups excluding carboxylic acids is 1. The van der Waals surface area contributed by atoms with Gasteiger partial charge in [0.2, 0.25) is 5.91 Å². The van der Waals surface area contributed by atoms with Crippen LogP contribution in [0, 0.1) is 0 Å². The van der Waals surface area contributed by atoms with E-state index in [1.807, 2.05) is 42.5 Å². The topological polar surface area (TPSA) is 29.1 Å². The highest BCUT2D eigenvalue weighted by molar-refractivity contribution is 6.30. The van der Waals surface area contributed by atoms with E-state index in [0.29, 0.717) is 0 Å². The van der Waals surface area contributed by atoms with Crippen molar-refractivity contribution in [1.82, 2.24) is 5.32 Å². The molecule has 1 fully saturated rings. The fourth-order valence-corrected chi connectivity index (χ4v) is 3.82. The molecule has 0 saturated heterocycles. The summed E-state index contributed by atoms with van der Waals surface area (Å²) in [4.78, 5) is 12.9. The smallest absolute Gasteiger partial charge is 0.230 e. The maximum atomic E-state index is 12.9. The maximum absolute atomic E-state index is 12.9. The second-order valence-corrected chi connectivity index (χ2v) is 7.08. The van der Waals surface area contributed by atoms with Gasteiger partial charge in [0.1, 0.15) is 0 Å². The predicted octanol–water partition coefficient (Wildman–Crippen LogP) is 4.90. The zero-order chi connectivity index (χ0) is 16.8. The number of aryl methyl sites for hydroxylation is 1. The van der Waals surface area contributed by atoms with Crippen molar-refractivity contribution in [3.05, 3.63) is 70.7 Å². The molecule has 2 nitrogen and oxygen atoms in total. The van der Waals surface area contributed by atoms with Crippen LogP contribution in [0.2, 0.25) is 5.02 Å². The number of benzene rings is 2. The molecule has 0 atom stereocenters. The molecule has 0 aromatic heterocycles. The first-order valence-electron chi connectivity index (χ1n) is 8.79. The van der Waals surface area contributed by atoms with Crippen molar-refractivity contribution in [3.63, 3.8) is 0 Å². The van der Waals surface area contributed by atoms with Gasteiger partial charge >= 0.3 is 0 Å². The van der Waals surface area contributed by atoms with Gasteiger partial charge in [0.15, 0.2) is 0 Å². The van der Waals surface area contributed by atoms with E-state index in [2.05, 4.69) is 17.4 Å². The minimum Gasteiger partial charge on any atom is -0.355 e. The van der Waals surface area contributed by atoms with E-state index < -0.39 is 0 Å². The highest BCUT2D eigenvalue weighted by Crippen LogP contribution is 2.41. The largest absolute Gasteiger partial charge is 0.355 e. The Labute approximate surface area is 149 Å². The van der Waals surface area contributed by atoms with E-state index in [-0.39, 0.29) is 11.3 Å². The highest BCUT2D eigenvalue weighted by atomic mass is 35.5. The lowest BCUT2D eigenvalue weighted by molar-refractivity contribution is -0.126. The first-order chi connectivity index (χ1) is 11.7. The maximum Gasteiger partial charge on any atom is 0.230 e. The summed E-state index contributed by atoms with van der Waals surface area (Å²) in [6.07, 6.45) is 6.08. The van der Waals surface area contributed by atoms with Gasteiger partial charge < -0.3 is 5.32 Å². The van der Waals surface area contributed by atoms with Crippen molar-refractivity contribution in [3.8, 4) is 0 Å². The Morgan fingerprint density at radius 3 is 2.33 bits per heavy atom. The van der Waals surface area contributed by atoms with Gasteiger partial charge in [-0.2, -0.15) is 0 Å². The van der Waals surface area contributed by atoms with Crippen LogP contribution in [0.25, 0.3) is 0 Å². The summed E-state index contributed by atoms with van der Waals surface area (Å²) in [5.41, 5.74) is 2.10. The Bertz CT molecular complexity index is 660. The van der Waals surface area contributed by atoms with Gasteiger partial charge in [-0.25, -0.2) is 0 Å². The van der Waals surface area contributed by atoms with Crippen LogP contribution in [0.1, 0.15) is 43.2 Å². The molecule has 1 aliphatic carbocycles. The third-order valence-corrected chi connectivity index (χ3v) is 5.31. The SMILES string of the molecule is O=C(NCCCc1ccc(Cl)cc1)C1(c2ccccc2)CCCC1. The predicted molar refractivity (Wildman–Crippen MR) is 99.4 cm³/mol. The molecule has 0 heterocycles. The quantitative estimate of drug-likeness (QED) is 0.744. The molecule has 0 unspecified atom stereocenters.